The Hall–Kier alpha value is -1.99. The van der Waals surface area contributed by atoms with E-state index in [0.29, 0.717) is 11.0 Å². The molecule has 112 valence electrons. The minimum absolute atomic E-state index is 0.592. The van der Waals surface area contributed by atoms with Crippen molar-refractivity contribution in [2.75, 3.05) is 30.7 Å². The normalized spacial score (nSPS) is 10.2. The van der Waals surface area contributed by atoms with Crippen molar-refractivity contribution < 1.29 is 4.74 Å². The van der Waals surface area contributed by atoms with Gasteiger partial charge in [0.2, 0.25) is 0 Å². The number of hydrazine groups is 1. The topological polar surface area (TPSA) is 85.1 Å². The maximum atomic E-state index is 5.41. The van der Waals surface area contributed by atoms with Gasteiger partial charge in [0.05, 0.1) is 7.11 Å². The number of nitrogens with one attached hydrogen (secondary N) is 2. The Morgan fingerprint density at radius 1 is 1.24 bits per heavy atom. The summed E-state index contributed by atoms with van der Waals surface area (Å²) in [5.74, 6) is 7.64. The number of methoxy groups -OCH3 is 1. The average molecular weight is 305 g/mol. The lowest BCUT2D eigenvalue weighted by molar-refractivity contribution is 0.410. The molecule has 1 heterocycles. The number of nitrogens with two attached hydrogens (primary N) is 1. The number of benzene rings is 1. The standard InChI is InChI=1S/C14H19N5OS/c1-20-11-6-4-3-5-10(11)7-8-16-12-9-13(19-15)18-14(17-12)21-2/h3-6,9H,7-8,15H2,1-2H3,(H2,16,17,18,19). The number of hydrogen-bond donors (Lipinski definition) is 3. The van der Waals surface area contributed by atoms with Gasteiger partial charge in [-0.15, -0.1) is 0 Å². The highest BCUT2D eigenvalue weighted by atomic mass is 32.2. The SMILES string of the molecule is COc1ccccc1CCNc1cc(NN)nc(SC)n1. The van der Waals surface area contributed by atoms with E-state index in [1.165, 1.54) is 11.8 Å². The molecule has 7 heteroatoms. The van der Waals surface area contributed by atoms with Crippen LogP contribution in [0.4, 0.5) is 11.6 Å². The summed E-state index contributed by atoms with van der Waals surface area (Å²) in [6, 6.07) is 9.76. The Labute approximate surface area is 128 Å². The molecule has 0 saturated carbocycles. The maximum absolute atomic E-state index is 5.41. The third kappa shape index (κ3) is 4.24. The summed E-state index contributed by atoms with van der Waals surface area (Å²) in [6.45, 7) is 0.745. The molecule has 0 spiro atoms. The van der Waals surface area contributed by atoms with Gasteiger partial charge in [0.1, 0.15) is 17.4 Å². The Kier molecular flexibility index (Phi) is 5.65. The van der Waals surface area contributed by atoms with Gasteiger partial charge >= 0.3 is 0 Å². The fourth-order valence-electron chi connectivity index (χ4n) is 1.92. The third-order valence-electron chi connectivity index (χ3n) is 2.93. The Balaban J connectivity index is 2.00. The highest BCUT2D eigenvalue weighted by molar-refractivity contribution is 7.98. The highest BCUT2D eigenvalue weighted by Crippen LogP contribution is 2.19. The summed E-state index contributed by atoms with van der Waals surface area (Å²) in [6.07, 6.45) is 2.77. The van der Waals surface area contributed by atoms with Gasteiger partial charge in [-0.05, 0) is 24.3 Å². The summed E-state index contributed by atoms with van der Waals surface area (Å²) < 4.78 is 5.34. The fraction of sp³-hybridized carbons (Fsp3) is 0.286. The monoisotopic (exact) mass is 305 g/mol. The number of ether oxygens (including phenoxy) is 1. The van der Waals surface area contributed by atoms with Gasteiger partial charge in [0.25, 0.3) is 0 Å². The predicted molar refractivity (Wildman–Crippen MR) is 86.8 cm³/mol. The average Bonchev–Trinajstić information content (AvgIpc) is 2.54. The molecule has 0 radical (unpaired) electrons. The zero-order chi connectivity index (χ0) is 15.1. The van der Waals surface area contributed by atoms with Crippen LogP contribution in [0.15, 0.2) is 35.5 Å². The van der Waals surface area contributed by atoms with Crippen molar-refractivity contribution in [3.05, 3.63) is 35.9 Å². The summed E-state index contributed by atoms with van der Waals surface area (Å²) in [5, 5.41) is 3.95. The Morgan fingerprint density at radius 3 is 2.71 bits per heavy atom. The van der Waals surface area contributed by atoms with Gasteiger partial charge in [-0.1, -0.05) is 30.0 Å². The first kappa shape index (κ1) is 15.4. The molecule has 0 aliphatic carbocycles. The quantitative estimate of drug-likeness (QED) is 0.313. The van der Waals surface area contributed by atoms with Crippen LogP contribution >= 0.6 is 11.8 Å². The van der Waals surface area contributed by atoms with Crippen LogP contribution in [0.5, 0.6) is 5.75 Å². The van der Waals surface area contributed by atoms with Gasteiger partial charge in [-0.25, -0.2) is 15.8 Å². The highest BCUT2D eigenvalue weighted by Gasteiger charge is 2.04. The Morgan fingerprint density at radius 2 is 2.00 bits per heavy atom. The molecule has 2 aromatic rings. The molecule has 0 fully saturated rings. The maximum Gasteiger partial charge on any atom is 0.191 e. The third-order valence-corrected chi connectivity index (χ3v) is 3.48. The van der Waals surface area contributed by atoms with Crippen LogP contribution in [0, 0.1) is 0 Å². The summed E-state index contributed by atoms with van der Waals surface area (Å²) >= 11 is 1.47. The van der Waals surface area contributed by atoms with Crippen molar-refractivity contribution in [3.63, 3.8) is 0 Å². The van der Waals surface area contributed by atoms with E-state index in [-0.39, 0.29) is 0 Å². The van der Waals surface area contributed by atoms with E-state index in [2.05, 4.69) is 26.8 Å². The van der Waals surface area contributed by atoms with Crippen molar-refractivity contribution in [1.82, 2.24) is 9.97 Å². The number of para-hydroxylation sites is 1. The Bertz CT molecular complexity index is 571. The van der Waals surface area contributed by atoms with E-state index in [1.54, 1.807) is 13.2 Å². The van der Waals surface area contributed by atoms with E-state index in [1.807, 2.05) is 24.5 Å². The van der Waals surface area contributed by atoms with Gasteiger partial charge in [-0.3, -0.25) is 0 Å². The first-order chi connectivity index (χ1) is 10.3. The molecule has 1 aromatic heterocycles. The van der Waals surface area contributed by atoms with Crippen molar-refractivity contribution in [2.45, 2.75) is 11.6 Å². The number of nitrogens with zero attached hydrogens (tertiary/aromatic N) is 2. The molecule has 1 aromatic carbocycles. The predicted octanol–water partition coefficient (Wildman–Crippen LogP) is 2.15. The number of rotatable bonds is 7. The van der Waals surface area contributed by atoms with Crippen molar-refractivity contribution in [3.8, 4) is 5.75 Å². The van der Waals surface area contributed by atoms with Gasteiger partial charge in [0.15, 0.2) is 5.16 Å². The number of anilines is 2. The molecule has 0 atom stereocenters. The molecule has 0 saturated heterocycles. The van der Waals surface area contributed by atoms with E-state index < -0.39 is 0 Å². The molecular weight excluding hydrogens is 286 g/mol. The number of aromatic nitrogens is 2. The van der Waals surface area contributed by atoms with E-state index in [0.717, 1.165) is 30.1 Å². The van der Waals surface area contributed by atoms with Crippen LogP contribution in [0.2, 0.25) is 0 Å². The van der Waals surface area contributed by atoms with Gasteiger partial charge < -0.3 is 15.5 Å². The van der Waals surface area contributed by atoms with Crippen LogP contribution < -0.4 is 21.3 Å². The van der Waals surface area contributed by atoms with Crippen LogP contribution in [0.3, 0.4) is 0 Å². The first-order valence-corrected chi connectivity index (χ1v) is 7.74. The molecular formula is C14H19N5OS. The van der Waals surface area contributed by atoms with Crippen LogP contribution in [0.1, 0.15) is 5.56 Å². The lowest BCUT2D eigenvalue weighted by Gasteiger charge is -2.10. The molecule has 2 rings (SSSR count). The molecule has 0 bridgehead atoms. The van der Waals surface area contributed by atoms with E-state index >= 15 is 0 Å². The molecule has 0 unspecified atom stereocenters. The first-order valence-electron chi connectivity index (χ1n) is 6.52. The molecule has 0 amide bonds. The van der Waals surface area contributed by atoms with Gasteiger partial charge in [0, 0.05) is 12.6 Å². The molecule has 0 aliphatic heterocycles. The van der Waals surface area contributed by atoms with Crippen molar-refractivity contribution in [1.29, 1.82) is 0 Å². The van der Waals surface area contributed by atoms with E-state index in [9.17, 15) is 0 Å². The molecule has 0 aliphatic rings. The second-order valence-corrected chi connectivity index (χ2v) is 5.03. The fourth-order valence-corrected chi connectivity index (χ4v) is 2.29. The second kappa shape index (κ2) is 7.70. The molecule has 21 heavy (non-hydrogen) atoms. The number of nitrogen functional groups attached to an aromatic ring is 1. The zero-order valence-corrected chi connectivity index (χ0v) is 12.9. The van der Waals surface area contributed by atoms with Crippen LogP contribution in [0.25, 0.3) is 0 Å². The minimum atomic E-state index is 0.592. The number of thioether (sulfide) groups is 1. The lowest BCUT2D eigenvalue weighted by atomic mass is 10.1. The summed E-state index contributed by atoms with van der Waals surface area (Å²) in [7, 11) is 1.68. The number of hydrogen-bond acceptors (Lipinski definition) is 7. The smallest absolute Gasteiger partial charge is 0.191 e. The van der Waals surface area contributed by atoms with Gasteiger partial charge in [-0.2, -0.15) is 0 Å². The van der Waals surface area contributed by atoms with Crippen molar-refractivity contribution >= 4 is 23.4 Å². The lowest BCUT2D eigenvalue weighted by Crippen LogP contribution is -2.12. The zero-order valence-electron chi connectivity index (χ0n) is 12.1. The summed E-state index contributed by atoms with van der Waals surface area (Å²) in [5.41, 5.74) is 3.70. The van der Waals surface area contributed by atoms with Crippen molar-refractivity contribution in [2.24, 2.45) is 5.84 Å². The largest absolute Gasteiger partial charge is 0.496 e. The molecule has 4 N–H and O–H groups in total. The van der Waals surface area contributed by atoms with E-state index in [4.69, 9.17) is 10.6 Å². The minimum Gasteiger partial charge on any atom is -0.496 e. The van der Waals surface area contributed by atoms with Crippen LogP contribution in [-0.2, 0) is 6.42 Å². The second-order valence-electron chi connectivity index (χ2n) is 4.26. The summed E-state index contributed by atoms with van der Waals surface area (Å²) in [4.78, 5) is 8.61. The van der Waals surface area contributed by atoms with Crippen LogP contribution in [-0.4, -0.2) is 29.9 Å². The molecule has 6 nitrogen and oxygen atoms in total.